The molecule has 2 N–H and O–H groups in total. The molecule has 0 bridgehead atoms. The van der Waals surface area contributed by atoms with Crippen LogP contribution in [0.4, 0.5) is 0 Å². The Kier molecular flexibility index (Phi) is 3.73. The first-order chi connectivity index (χ1) is 5.25. The molecule has 1 nitrogen and oxygen atoms in total. The van der Waals surface area contributed by atoms with Crippen LogP contribution >= 0.6 is 11.8 Å². The molecule has 1 fully saturated rings. The molecule has 66 valence electrons. The van der Waals surface area contributed by atoms with E-state index in [0.29, 0.717) is 0 Å². The van der Waals surface area contributed by atoms with Gasteiger partial charge in [-0.25, -0.2) is 0 Å². The molecule has 0 radical (unpaired) electrons. The van der Waals surface area contributed by atoms with Crippen molar-refractivity contribution in [2.45, 2.75) is 20.3 Å². The Hall–Kier alpha value is 0.310. The maximum atomic E-state index is 5.58. The van der Waals surface area contributed by atoms with Gasteiger partial charge in [0.05, 0.1) is 0 Å². The van der Waals surface area contributed by atoms with E-state index < -0.39 is 0 Å². The zero-order valence-electron chi connectivity index (χ0n) is 7.55. The van der Waals surface area contributed by atoms with Crippen molar-refractivity contribution in [3.05, 3.63) is 0 Å². The van der Waals surface area contributed by atoms with Crippen molar-refractivity contribution in [2.75, 3.05) is 18.1 Å². The van der Waals surface area contributed by atoms with Crippen LogP contribution in [-0.2, 0) is 0 Å². The third kappa shape index (κ3) is 2.38. The number of hydrogen-bond acceptors (Lipinski definition) is 2. The maximum absolute atomic E-state index is 5.58. The molecule has 0 spiro atoms. The summed E-state index contributed by atoms with van der Waals surface area (Å²) in [7, 11) is 0. The molecule has 11 heavy (non-hydrogen) atoms. The highest BCUT2D eigenvalue weighted by Crippen LogP contribution is 2.34. The molecular formula is C9H19NS. The van der Waals surface area contributed by atoms with E-state index in [4.69, 9.17) is 5.73 Å². The molecule has 1 saturated heterocycles. The lowest BCUT2D eigenvalue weighted by Crippen LogP contribution is -2.29. The first kappa shape index (κ1) is 9.40. The Balaban J connectivity index is 2.41. The van der Waals surface area contributed by atoms with E-state index in [1.54, 1.807) is 0 Å². The summed E-state index contributed by atoms with van der Waals surface area (Å²) in [6.45, 7) is 5.59. The Morgan fingerprint density at radius 3 is 2.27 bits per heavy atom. The zero-order chi connectivity index (χ0) is 8.27. The highest BCUT2D eigenvalue weighted by molar-refractivity contribution is 7.99. The first-order valence-corrected chi connectivity index (χ1v) is 5.69. The van der Waals surface area contributed by atoms with Crippen LogP contribution in [-0.4, -0.2) is 18.1 Å². The molecule has 2 heteroatoms. The van der Waals surface area contributed by atoms with Crippen molar-refractivity contribution < 1.29 is 0 Å². The summed E-state index contributed by atoms with van der Waals surface area (Å²) in [5.41, 5.74) is 5.58. The fraction of sp³-hybridized carbons (Fsp3) is 1.00. The fourth-order valence-electron chi connectivity index (χ4n) is 2.01. The van der Waals surface area contributed by atoms with E-state index in [0.717, 1.165) is 24.3 Å². The summed E-state index contributed by atoms with van der Waals surface area (Å²) < 4.78 is 0. The van der Waals surface area contributed by atoms with Gasteiger partial charge in [0, 0.05) is 0 Å². The van der Waals surface area contributed by atoms with Gasteiger partial charge in [-0.3, -0.25) is 0 Å². The van der Waals surface area contributed by atoms with Crippen LogP contribution < -0.4 is 5.73 Å². The monoisotopic (exact) mass is 173 g/mol. The van der Waals surface area contributed by atoms with Crippen molar-refractivity contribution in [1.29, 1.82) is 0 Å². The van der Waals surface area contributed by atoms with E-state index in [1.165, 1.54) is 17.9 Å². The minimum atomic E-state index is 0.865. The van der Waals surface area contributed by atoms with Gasteiger partial charge in [-0.05, 0) is 42.2 Å². The van der Waals surface area contributed by atoms with Gasteiger partial charge in [-0.15, -0.1) is 0 Å². The van der Waals surface area contributed by atoms with Gasteiger partial charge < -0.3 is 5.73 Å². The van der Waals surface area contributed by atoms with Crippen LogP contribution in [0.5, 0.6) is 0 Å². The number of thioether (sulfide) groups is 1. The summed E-state index contributed by atoms with van der Waals surface area (Å²) in [6, 6.07) is 0. The Morgan fingerprint density at radius 1 is 1.27 bits per heavy atom. The average molecular weight is 173 g/mol. The van der Waals surface area contributed by atoms with Gasteiger partial charge in [0.15, 0.2) is 0 Å². The molecule has 0 aromatic carbocycles. The molecule has 1 aliphatic heterocycles. The van der Waals surface area contributed by atoms with Crippen LogP contribution in [0.15, 0.2) is 0 Å². The van der Waals surface area contributed by atoms with E-state index >= 15 is 0 Å². The molecular weight excluding hydrogens is 154 g/mol. The fourth-order valence-corrected chi connectivity index (χ4v) is 3.38. The van der Waals surface area contributed by atoms with E-state index in [1.807, 2.05) is 0 Å². The zero-order valence-corrected chi connectivity index (χ0v) is 8.36. The van der Waals surface area contributed by atoms with Crippen LogP contribution in [0.25, 0.3) is 0 Å². The number of nitrogens with two attached hydrogens (primary N) is 1. The third-order valence-corrected chi connectivity index (χ3v) is 4.25. The van der Waals surface area contributed by atoms with Gasteiger partial charge in [0.25, 0.3) is 0 Å². The maximum Gasteiger partial charge on any atom is -0.00389 e. The largest absolute Gasteiger partial charge is 0.330 e. The summed E-state index contributed by atoms with van der Waals surface area (Å²) in [4.78, 5) is 0. The normalized spacial score (nSPS) is 39.0. The predicted molar refractivity (Wildman–Crippen MR) is 52.8 cm³/mol. The average Bonchev–Trinajstić information content (AvgIpc) is 1.97. The topological polar surface area (TPSA) is 26.0 Å². The predicted octanol–water partition coefficient (Wildman–Crippen LogP) is 1.97. The minimum absolute atomic E-state index is 0.865. The SMILES string of the molecule is CC1CSCC(C)C1CCN. The number of hydrogen-bond donors (Lipinski definition) is 1. The quantitative estimate of drug-likeness (QED) is 0.691. The Morgan fingerprint density at radius 2 is 1.82 bits per heavy atom. The van der Waals surface area contributed by atoms with Gasteiger partial charge in [0.1, 0.15) is 0 Å². The molecule has 0 saturated carbocycles. The molecule has 1 aliphatic rings. The molecule has 1 heterocycles. The van der Waals surface area contributed by atoms with Crippen molar-refractivity contribution in [1.82, 2.24) is 0 Å². The minimum Gasteiger partial charge on any atom is -0.330 e. The summed E-state index contributed by atoms with van der Waals surface area (Å²) >= 11 is 2.10. The van der Waals surface area contributed by atoms with Crippen molar-refractivity contribution in [3.63, 3.8) is 0 Å². The molecule has 0 amide bonds. The van der Waals surface area contributed by atoms with E-state index in [2.05, 4.69) is 25.6 Å². The second-order valence-electron chi connectivity index (χ2n) is 3.73. The van der Waals surface area contributed by atoms with Crippen LogP contribution in [0.1, 0.15) is 20.3 Å². The van der Waals surface area contributed by atoms with Crippen molar-refractivity contribution in [2.24, 2.45) is 23.5 Å². The molecule has 2 atom stereocenters. The first-order valence-electron chi connectivity index (χ1n) is 4.53. The van der Waals surface area contributed by atoms with Gasteiger partial charge in [-0.2, -0.15) is 11.8 Å². The summed E-state index contributed by atoms with van der Waals surface area (Å²) in [5, 5.41) is 0. The van der Waals surface area contributed by atoms with Crippen LogP contribution in [0.3, 0.4) is 0 Å². The highest BCUT2D eigenvalue weighted by Gasteiger charge is 2.26. The van der Waals surface area contributed by atoms with Gasteiger partial charge in [-0.1, -0.05) is 13.8 Å². The molecule has 0 aromatic heterocycles. The highest BCUT2D eigenvalue weighted by atomic mass is 32.2. The van der Waals surface area contributed by atoms with E-state index in [9.17, 15) is 0 Å². The van der Waals surface area contributed by atoms with Crippen molar-refractivity contribution in [3.8, 4) is 0 Å². The van der Waals surface area contributed by atoms with Gasteiger partial charge >= 0.3 is 0 Å². The lowest BCUT2D eigenvalue weighted by Gasteiger charge is -2.33. The lowest BCUT2D eigenvalue weighted by molar-refractivity contribution is 0.271. The smallest absolute Gasteiger partial charge is 0.00389 e. The second-order valence-corrected chi connectivity index (χ2v) is 4.81. The molecule has 0 aliphatic carbocycles. The molecule has 2 unspecified atom stereocenters. The van der Waals surface area contributed by atoms with Crippen molar-refractivity contribution >= 4 is 11.8 Å². The standard InChI is InChI=1S/C9H19NS/c1-7-5-11-6-8(2)9(7)3-4-10/h7-9H,3-6,10H2,1-2H3. The summed E-state index contributed by atoms with van der Waals surface area (Å²) in [6.07, 6.45) is 1.23. The lowest BCUT2D eigenvalue weighted by atomic mass is 9.82. The molecule has 1 rings (SSSR count). The van der Waals surface area contributed by atoms with E-state index in [-0.39, 0.29) is 0 Å². The van der Waals surface area contributed by atoms with Crippen LogP contribution in [0.2, 0.25) is 0 Å². The second kappa shape index (κ2) is 4.36. The van der Waals surface area contributed by atoms with Crippen LogP contribution in [0, 0.1) is 17.8 Å². The number of rotatable bonds is 2. The molecule has 0 aromatic rings. The summed E-state index contributed by atoms with van der Waals surface area (Å²) in [5.74, 6) is 5.34. The van der Waals surface area contributed by atoms with Gasteiger partial charge in [0.2, 0.25) is 0 Å². The Bertz CT molecular complexity index is 106. The third-order valence-electron chi connectivity index (χ3n) is 2.72. The Labute approximate surface area is 74.1 Å².